The van der Waals surface area contributed by atoms with Gasteiger partial charge >= 0.3 is 5.97 Å². The molecule has 4 aromatic rings. The molecule has 0 radical (unpaired) electrons. The molecule has 1 N–H and O–H groups in total. The van der Waals surface area contributed by atoms with Crippen molar-refractivity contribution in [2.24, 2.45) is 0 Å². The van der Waals surface area contributed by atoms with Crippen LogP contribution in [0.4, 0.5) is 0 Å². The highest BCUT2D eigenvalue weighted by Crippen LogP contribution is 2.27. The average Bonchev–Trinajstić information content (AvgIpc) is 3.10. The fourth-order valence-electron chi connectivity index (χ4n) is 3.70. The first-order valence-corrected chi connectivity index (χ1v) is 11.1. The molecule has 8 heteroatoms. The van der Waals surface area contributed by atoms with Crippen molar-refractivity contribution < 1.29 is 14.3 Å². The third-order valence-corrected chi connectivity index (χ3v) is 6.41. The maximum atomic E-state index is 12.7. The molecule has 0 aliphatic rings. The van der Waals surface area contributed by atoms with Gasteiger partial charge in [-0.3, -0.25) is 9.69 Å². The van der Waals surface area contributed by atoms with Crippen molar-refractivity contribution in [3.63, 3.8) is 0 Å². The number of aryl methyl sites for hydroxylation is 1. The van der Waals surface area contributed by atoms with E-state index in [1.165, 1.54) is 27.7 Å². The van der Waals surface area contributed by atoms with Crippen LogP contribution in [0.2, 0.25) is 0 Å². The number of esters is 1. The summed E-state index contributed by atoms with van der Waals surface area (Å²) in [4.78, 5) is 35.6. The van der Waals surface area contributed by atoms with Gasteiger partial charge in [-0.05, 0) is 41.9 Å². The fraction of sp³-hybridized carbons (Fsp3) is 0.292. The summed E-state index contributed by atoms with van der Waals surface area (Å²) in [5.41, 5.74) is 1.54. The Balaban J connectivity index is 1.52. The summed E-state index contributed by atoms with van der Waals surface area (Å²) in [6.45, 7) is 3.42. The van der Waals surface area contributed by atoms with Crippen molar-refractivity contribution >= 4 is 38.3 Å². The highest BCUT2D eigenvalue weighted by Gasteiger charge is 2.20. The summed E-state index contributed by atoms with van der Waals surface area (Å²) < 4.78 is 10.1. The zero-order valence-electron chi connectivity index (χ0n) is 18.3. The zero-order chi connectivity index (χ0) is 22.7. The van der Waals surface area contributed by atoms with Gasteiger partial charge in [0.25, 0.3) is 5.56 Å². The molecule has 0 spiro atoms. The van der Waals surface area contributed by atoms with E-state index in [4.69, 9.17) is 9.47 Å². The van der Waals surface area contributed by atoms with E-state index in [0.717, 1.165) is 0 Å². The van der Waals surface area contributed by atoms with E-state index in [0.29, 0.717) is 46.2 Å². The van der Waals surface area contributed by atoms with Gasteiger partial charge in [-0.2, -0.15) is 0 Å². The number of hydrogen-bond acceptors (Lipinski definition) is 7. The second-order valence-corrected chi connectivity index (χ2v) is 8.73. The van der Waals surface area contributed by atoms with E-state index in [1.807, 2.05) is 19.2 Å². The van der Waals surface area contributed by atoms with Gasteiger partial charge in [-0.1, -0.05) is 36.4 Å². The number of methoxy groups -OCH3 is 1. The number of benzene rings is 2. The number of ether oxygens (including phenoxy) is 2. The van der Waals surface area contributed by atoms with Gasteiger partial charge in [0, 0.05) is 13.7 Å². The molecule has 2 aromatic carbocycles. The largest absolute Gasteiger partial charge is 0.459 e. The molecule has 0 bridgehead atoms. The number of fused-ring (bicyclic) bond motifs is 2. The molecule has 0 fully saturated rings. The number of carbonyl (C=O) groups is 1. The molecular weight excluding hydrogens is 426 g/mol. The molecule has 0 saturated heterocycles. The second kappa shape index (κ2) is 9.60. The topological polar surface area (TPSA) is 84.5 Å². The minimum absolute atomic E-state index is 0.164. The van der Waals surface area contributed by atoms with Crippen LogP contribution in [0, 0.1) is 6.92 Å². The summed E-state index contributed by atoms with van der Waals surface area (Å²) in [5.74, 6) is 0.100. The van der Waals surface area contributed by atoms with E-state index in [2.05, 4.69) is 45.2 Å². The Morgan fingerprint density at radius 3 is 2.69 bits per heavy atom. The molecule has 0 atom stereocenters. The van der Waals surface area contributed by atoms with Crippen LogP contribution in [0.25, 0.3) is 21.0 Å². The monoisotopic (exact) mass is 451 g/mol. The SMILES string of the molecule is COCCOC(=O)c1sc2nc(CN(C)Cc3ccc4ccccc4c3)[nH]c(=O)c2c1C. The summed E-state index contributed by atoms with van der Waals surface area (Å²) in [7, 11) is 3.53. The van der Waals surface area contributed by atoms with Gasteiger partial charge in [0.05, 0.1) is 18.5 Å². The van der Waals surface area contributed by atoms with Crippen molar-refractivity contribution in [1.29, 1.82) is 0 Å². The number of rotatable bonds is 8. The second-order valence-electron chi connectivity index (χ2n) is 7.73. The van der Waals surface area contributed by atoms with Crippen LogP contribution in [0.15, 0.2) is 47.3 Å². The molecular formula is C24H25N3O4S. The van der Waals surface area contributed by atoms with Gasteiger partial charge < -0.3 is 14.5 Å². The van der Waals surface area contributed by atoms with E-state index in [1.54, 1.807) is 14.0 Å². The summed E-state index contributed by atoms with van der Waals surface area (Å²) in [6, 6.07) is 14.7. The van der Waals surface area contributed by atoms with Crippen LogP contribution < -0.4 is 5.56 Å². The first-order chi connectivity index (χ1) is 15.5. The number of nitrogens with one attached hydrogen (secondary N) is 1. The molecule has 32 heavy (non-hydrogen) atoms. The van der Waals surface area contributed by atoms with Crippen LogP contribution in [-0.2, 0) is 22.6 Å². The molecule has 0 aliphatic carbocycles. The number of nitrogens with zero attached hydrogens (tertiary/aromatic N) is 2. The quantitative estimate of drug-likeness (QED) is 0.323. The van der Waals surface area contributed by atoms with E-state index in [-0.39, 0.29) is 12.2 Å². The van der Waals surface area contributed by atoms with Crippen molar-refractivity contribution in [3.8, 4) is 0 Å². The van der Waals surface area contributed by atoms with Gasteiger partial charge in [0.15, 0.2) is 0 Å². The van der Waals surface area contributed by atoms with Gasteiger partial charge in [-0.25, -0.2) is 9.78 Å². The molecule has 166 valence electrons. The molecule has 0 amide bonds. The lowest BCUT2D eigenvalue weighted by Crippen LogP contribution is -2.21. The average molecular weight is 452 g/mol. The number of H-pyrrole nitrogens is 1. The number of thiophene rings is 1. The Kier molecular flexibility index (Phi) is 6.64. The predicted octanol–water partition coefficient (Wildman–Crippen LogP) is 3.88. The van der Waals surface area contributed by atoms with Crippen LogP contribution >= 0.6 is 11.3 Å². The van der Waals surface area contributed by atoms with E-state index >= 15 is 0 Å². The Bertz CT molecular complexity index is 1330. The maximum absolute atomic E-state index is 12.7. The lowest BCUT2D eigenvalue weighted by atomic mass is 10.1. The van der Waals surface area contributed by atoms with Gasteiger partial charge in [-0.15, -0.1) is 11.3 Å². The Morgan fingerprint density at radius 2 is 1.91 bits per heavy atom. The summed E-state index contributed by atoms with van der Waals surface area (Å²) in [5, 5.41) is 2.85. The Morgan fingerprint density at radius 1 is 1.12 bits per heavy atom. The molecule has 7 nitrogen and oxygen atoms in total. The fourth-order valence-corrected chi connectivity index (χ4v) is 4.80. The standard InChI is InChI=1S/C24H25N3O4S/c1-15-20-22(28)25-19(26-23(20)32-21(15)24(29)31-11-10-30-3)14-27(2)13-16-8-9-17-6-4-5-7-18(17)12-16/h4-9,12H,10-11,13-14H2,1-3H3,(H,25,26,28). The third-order valence-electron chi connectivity index (χ3n) is 5.24. The maximum Gasteiger partial charge on any atom is 0.348 e. The molecule has 4 rings (SSSR count). The Hall–Kier alpha value is -3.07. The lowest BCUT2D eigenvalue weighted by molar-refractivity contribution is 0.0393. The number of aromatic nitrogens is 2. The molecule has 0 unspecified atom stereocenters. The summed E-state index contributed by atoms with van der Waals surface area (Å²) >= 11 is 1.19. The van der Waals surface area contributed by atoms with Crippen LogP contribution in [0.5, 0.6) is 0 Å². The first kappa shape index (κ1) is 22.1. The van der Waals surface area contributed by atoms with Crippen LogP contribution in [0.3, 0.4) is 0 Å². The normalized spacial score (nSPS) is 11.5. The van der Waals surface area contributed by atoms with Crippen molar-refractivity contribution in [2.75, 3.05) is 27.4 Å². The van der Waals surface area contributed by atoms with E-state index in [9.17, 15) is 9.59 Å². The van der Waals surface area contributed by atoms with Crippen molar-refractivity contribution in [2.45, 2.75) is 20.0 Å². The number of carbonyl (C=O) groups excluding carboxylic acids is 1. The highest BCUT2D eigenvalue weighted by atomic mass is 32.1. The summed E-state index contributed by atoms with van der Waals surface area (Å²) in [6.07, 6.45) is 0. The lowest BCUT2D eigenvalue weighted by Gasteiger charge is -2.16. The minimum atomic E-state index is -0.461. The number of aromatic amines is 1. The van der Waals surface area contributed by atoms with Crippen LogP contribution in [0.1, 0.15) is 26.6 Å². The molecule has 0 saturated carbocycles. The van der Waals surface area contributed by atoms with E-state index < -0.39 is 5.97 Å². The Labute approximate surface area is 189 Å². The molecule has 0 aliphatic heterocycles. The number of hydrogen-bond donors (Lipinski definition) is 1. The highest BCUT2D eigenvalue weighted by molar-refractivity contribution is 7.20. The molecule has 2 aromatic heterocycles. The third kappa shape index (κ3) is 4.72. The minimum Gasteiger partial charge on any atom is -0.459 e. The first-order valence-electron chi connectivity index (χ1n) is 10.3. The molecule has 2 heterocycles. The van der Waals surface area contributed by atoms with Crippen molar-refractivity contribution in [3.05, 3.63) is 74.6 Å². The van der Waals surface area contributed by atoms with Crippen molar-refractivity contribution in [1.82, 2.24) is 14.9 Å². The van der Waals surface area contributed by atoms with Gasteiger partial charge in [0.2, 0.25) is 0 Å². The smallest absolute Gasteiger partial charge is 0.348 e. The van der Waals surface area contributed by atoms with Crippen LogP contribution in [-0.4, -0.2) is 48.2 Å². The zero-order valence-corrected chi connectivity index (χ0v) is 19.1. The predicted molar refractivity (Wildman–Crippen MR) is 126 cm³/mol. The van der Waals surface area contributed by atoms with Gasteiger partial charge in [0.1, 0.15) is 22.1 Å².